The Bertz CT molecular complexity index is 988. The molecule has 0 bridgehead atoms. The number of carbonyl (C=O) groups is 1. The van der Waals surface area contributed by atoms with Crippen molar-refractivity contribution < 1.29 is 14.6 Å². The third-order valence-corrected chi connectivity index (χ3v) is 5.50. The molecule has 2 aliphatic rings. The van der Waals surface area contributed by atoms with E-state index in [1.165, 1.54) is 0 Å². The number of hydrogen-bond donors (Lipinski definition) is 2. The molecular formula is C23H28N4O3. The number of anilines is 1. The summed E-state index contributed by atoms with van der Waals surface area (Å²) in [5.41, 5.74) is 1.99. The monoisotopic (exact) mass is 408 g/mol. The van der Waals surface area contributed by atoms with Gasteiger partial charge in [0.1, 0.15) is 11.6 Å². The number of rotatable bonds is 5. The van der Waals surface area contributed by atoms with Gasteiger partial charge in [-0.1, -0.05) is 37.3 Å². The second kappa shape index (κ2) is 8.83. The number of aliphatic hydroxyl groups is 1. The van der Waals surface area contributed by atoms with Crippen molar-refractivity contribution in [1.29, 1.82) is 0 Å². The van der Waals surface area contributed by atoms with Crippen molar-refractivity contribution in [3.8, 4) is 0 Å². The Hall–Kier alpha value is -2.93. The van der Waals surface area contributed by atoms with Gasteiger partial charge < -0.3 is 20.1 Å². The molecule has 1 aromatic heterocycles. The number of allylic oxidation sites excluding steroid dienone is 2. The van der Waals surface area contributed by atoms with Gasteiger partial charge in [0.25, 0.3) is 0 Å². The van der Waals surface area contributed by atoms with Crippen LogP contribution in [0, 0.1) is 6.92 Å². The van der Waals surface area contributed by atoms with Crippen molar-refractivity contribution >= 4 is 22.8 Å². The number of aryl methyl sites for hydroxylation is 1. The first-order valence-corrected chi connectivity index (χ1v) is 10.5. The van der Waals surface area contributed by atoms with Crippen molar-refractivity contribution in [2.45, 2.75) is 44.8 Å². The third-order valence-electron chi connectivity index (χ3n) is 5.50. The highest BCUT2D eigenvalue weighted by atomic mass is 16.5. The number of nitrogens with one attached hydrogen (secondary N) is 1. The molecule has 1 aliphatic carbocycles. The first-order chi connectivity index (χ1) is 14.5. The van der Waals surface area contributed by atoms with Crippen molar-refractivity contribution in [2.75, 3.05) is 24.6 Å². The van der Waals surface area contributed by atoms with Crippen LogP contribution in [-0.2, 0) is 4.74 Å². The number of amides is 1. The van der Waals surface area contributed by atoms with Crippen LogP contribution in [0.2, 0.25) is 0 Å². The molecule has 4 rings (SSSR count). The highest BCUT2D eigenvalue weighted by Gasteiger charge is 2.29. The average molecular weight is 409 g/mol. The molecule has 2 unspecified atom stereocenters. The number of aliphatic hydroxyl groups excluding tert-OH is 1. The number of fused-ring (bicyclic) bond motifs is 1. The van der Waals surface area contributed by atoms with Gasteiger partial charge in [0.05, 0.1) is 30.2 Å². The zero-order valence-electron chi connectivity index (χ0n) is 17.4. The molecule has 7 heteroatoms. The summed E-state index contributed by atoms with van der Waals surface area (Å²) < 4.78 is 5.15. The molecule has 0 radical (unpaired) electrons. The number of ether oxygens (including phenoxy) is 1. The second-order valence-electron chi connectivity index (χ2n) is 7.92. The minimum Gasteiger partial charge on any atom is -0.450 e. The maximum Gasteiger partial charge on any atom is 0.407 e. The SMILES string of the molecule is CCCOC(=O)N[C@@H]1CCN(c2nc(C3C=CC=CC3O)nc3cc(C)ccc23)C1. The van der Waals surface area contributed by atoms with Crippen molar-refractivity contribution in [1.82, 2.24) is 15.3 Å². The highest BCUT2D eigenvalue weighted by Crippen LogP contribution is 2.31. The average Bonchev–Trinajstić information content (AvgIpc) is 3.19. The molecule has 1 aliphatic heterocycles. The summed E-state index contributed by atoms with van der Waals surface area (Å²) in [6.07, 6.45) is 8.05. The van der Waals surface area contributed by atoms with Crippen LogP contribution in [0.15, 0.2) is 42.5 Å². The number of nitrogens with zero attached hydrogens (tertiary/aromatic N) is 3. The Morgan fingerprint density at radius 2 is 2.13 bits per heavy atom. The summed E-state index contributed by atoms with van der Waals surface area (Å²) in [7, 11) is 0. The fourth-order valence-electron chi connectivity index (χ4n) is 3.94. The van der Waals surface area contributed by atoms with E-state index in [2.05, 4.69) is 16.3 Å². The normalized spacial score (nSPS) is 23.2. The lowest BCUT2D eigenvalue weighted by molar-refractivity contribution is 0.143. The molecular weight excluding hydrogens is 380 g/mol. The number of alkyl carbamates (subject to hydrolysis) is 1. The smallest absolute Gasteiger partial charge is 0.407 e. The van der Waals surface area contributed by atoms with Crippen LogP contribution in [-0.4, -0.2) is 53.0 Å². The van der Waals surface area contributed by atoms with Crippen molar-refractivity contribution in [3.05, 3.63) is 53.9 Å². The topological polar surface area (TPSA) is 87.6 Å². The van der Waals surface area contributed by atoms with E-state index in [1.54, 1.807) is 6.08 Å². The second-order valence-corrected chi connectivity index (χ2v) is 7.92. The summed E-state index contributed by atoms with van der Waals surface area (Å²) in [5.74, 6) is 1.17. The van der Waals surface area contributed by atoms with Crippen LogP contribution < -0.4 is 10.2 Å². The van der Waals surface area contributed by atoms with E-state index >= 15 is 0 Å². The summed E-state index contributed by atoms with van der Waals surface area (Å²) in [5, 5.41) is 14.3. The zero-order chi connectivity index (χ0) is 21.1. The van der Waals surface area contributed by atoms with Gasteiger partial charge in [0.15, 0.2) is 0 Å². The third kappa shape index (κ3) is 4.31. The number of benzene rings is 1. The Kier molecular flexibility index (Phi) is 5.99. The number of carbonyl (C=O) groups excluding carboxylic acids is 1. The molecule has 0 saturated carbocycles. The van der Waals surface area contributed by atoms with Gasteiger partial charge in [-0.15, -0.1) is 0 Å². The van der Waals surface area contributed by atoms with Crippen LogP contribution in [0.3, 0.4) is 0 Å². The largest absolute Gasteiger partial charge is 0.450 e. The maximum atomic E-state index is 11.9. The Morgan fingerprint density at radius 3 is 2.93 bits per heavy atom. The van der Waals surface area contributed by atoms with E-state index in [9.17, 15) is 9.90 Å². The molecule has 158 valence electrons. The molecule has 2 aromatic rings. The van der Waals surface area contributed by atoms with E-state index < -0.39 is 6.10 Å². The van der Waals surface area contributed by atoms with E-state index in [0.29, 0.717) is 19.0 Å². The summed E-state index contributed by atoms with van der Waals surface area (Å²) >= 11 is 0. The number of aromatic nitrogens is 2. The van der Waals surface area contributed by atoms with Crippen LogP contribution >= 0.6 is 0 Å². The molecule has 0 spiro atoms. The summed E-state index contributed by atoms with van der Waals surface area (Å²) in [4.78, 5) is 23.8. The van der Waals surface area contributed by atoms with Crippen LogP contribution in [0.5, 0.6) is 0 Å². The molecule has 1 amide bonds. The van der Waals surface area contributed by atoms with E-state index in [4.69, 9.17) is 14.7 Å². The summed E-state index contributed by atoms with van der Waals surface area (Å²) in [6, 6.07) is 6.16. The minimum atomic E-state index is -0.647. The van der Waals surface area contributed by atoms with Gasteiger partial charge in [-0.05, 0) is 37.5 Å². The number of hydrogen-bond acceptors (Lipinski definition) is 6. The van der Waals surface area contributed by atoms with Crippen LogP contribution in [0.25, 0.3) is 10.9 Å². The molecule has 1 aromatic carbocycles. The fourth-order valence-corrected chi connectivity index (χ4v) is 3.94. The molecule has 7 nitrogen and oxygen atoms in total. The highest BCUT2D eigenvalue weighted by molar-refractivity contribution is 5.90. The van der Waals surface area contributed by atoms with Crippen LogP contribution in [0.1, 0.15) is 37.1 Å². The Morgan fingerprint density at radius 1 is 1.30 bits per heavy atom. The fraction of sp³-hybridized carbons (Fsp3) is 0.435. The quantitative estimate of drug-likeness (QED) is 0.790. The van der Waals surface area contributed by atoms with Gasteiger partial charge in [0, 0.05) is 18.5 Å². The van der Waals surface area contributed by atoms with E-state index in [1.807, 2.05) is 44.2 Å². The lowest BCUT2D eigenvalue weighted by Gasteiger charge is -2.23. The summed E-state index contributed by atoms with van der Waals surface area (Å²) in [6.45, 7) is 5.87. The minimum absolute atomic E-state index is 0.0105. The predicted molar refractivity (Wildman–Crippen MR) is 117 cm³/mol. The van der Waals surface area contributed by atoms with Crippen LogP contribution in [0.4, 0.5) is 10.6 Å². The molecule has 1 saturated heterocycles. The first-order valence-electron chi connectivity index (χ1n) is 10.5. The lowest BCUT2D eigenvalue weighted by atomic mass is 9.96. The van der Waals surface area contributed by atoms with Gasteiger partial charge in [-0.3, -0.25) is 0 Å². The molecule has 3 atom stereocenters. The molecule has 2 heterocycles. The van der Waals surface area contributed by atoms with E-state index in [-0.39, 0.29) is 18.1 Å². The first kappa shape index (κ1) is 20.3. The van der Waals surface area contributed by atoms with Gasteiger partial charge in [0.2, 0.25) is 0 Å². The lowest BCUT2D eigenvalue weighted by Crippen LogP contribution is -2.37. The standard InChI is InChI=1S/C23H28N4O3/c1-3-12-30-23(29)24-16-10-11-27(14-16)22-17-9-8-15(2)13-19(17)25-21(26-22)18-6-4-5-7-20(18)28/h4-9,13,16,18,20,28H,3,10-12,14H2,1-2H3,(H,24,29)/t16-,18?,20?/m1/s1. The Balaban J connectivity index is 1.62. The molecule has 2 N–H and O–H groups in total. The van der Waals surface area contributed by atoms with Crippen molar-refractivity contribution in [3.63, 3.8) is 0 Å². The van der Waals surface area contributed by atoms with Gasteiger partial charge >= 0.3 is 6.09 Å². The molecule has 1 fully saturated rings. The molecule has 30 heavy (non-hydrogen) atoms. The van der Waals surface area contributed by atoms with Gasteiger partial charge in [-0.25, -0.2) is 14.8 Å². The Labute approximate surface area is 176 Å². The zero-order valence-corrected chi connectivity index (χ0v) is 17.4. The van der Waals surface area contributed by atoms with E-state index in [0.717, 1.165) is 41.7 Å². The maximum absolute atomic E-state index is 11.9. The van der Waals surface area contributed by atoms with Gasteiger partial charge in [-0.2, -0.15) is 0 Å². The van der Waals surface area contributed by atoms with Crippen molar-refractivity contribution in [2.24, 2.45) is 0 Å². The predicted octanol–water partition coefficient (Wildman–Crippen LogP) is 3.22.